The summed E-state index contributed by atoms with van der Waals surface area (Å²) in [5.74, 6) is -1.68. The van der Waals surface area contributed by atoms with Crippen molar-refractivity contribution in [2.24, 2.45) is 0 Å². The van der Waals surface area contributed by atoms with Gasteiger partial charge in [0.2, 0.25) is 5.91 Å². The Morgan fingerprint density at radius 1 is 1.31 bits per heavy atom. The second-order valence-electron chi connectivity index (χ2n) is 5.72. The third-order valence-electron chi connectivity index (χ3n) is 3.89. The van der Waals surface area contributed by atoms with Crippen LogP contribution in [-0.4, -0.2) is 15.4 Å². The van der Waals surface area contributed by atoms with Gasteiger partial charge in [0.15, 0.2) is 5.58 Å². The number of rotatable bonds is 5. The number of fused-ring (bicyclic) bond motifs is 1. The molecular formula is C17H14FN3O5. The largest absolute Gasteiger partial charge is 0.420 e. The van der Waals surface area contributed by atoms with Crippen molar-refractivity contribution in [2.75, 3.05) is 0 Å². The molecule has 26 heavy (non-hydrogen) atoms. The Bertz CT molecular complexity index is 1070. The lowest BCUT2D eigenvalue weighted by Gasteiger charge is -2.07. The summed E-state index contributed by atoms with van der Waals surface area (Å²) >= 11 is 0. The predicted molar refractivity (Wildman–Crippen MR) is 90.1 cm³/mol. The molecule has 1 amide bonds. The zero-order chi connectivity index (χ0) is 18.8. The number of aromatic nitrogens is 1. The number of hydrogen-bond donors (Lipinski definition) is 1. The number of amides is 1. The van der Waals surface area contributed by atoms with Crippen molar-refractivity contribution >= 4 is 22.7 Å². The van der Waals surface area contributed by atoms with E-state index in [0.29, 0.717) is 11.1 Å². The zero-order valence-electron chi connectivity index (χ0n) is 13.7. The standard InChI is InChI=1S/C17H14FN3O5/c1-10-2-3-11(6-13(10)18)8-19-16(22)9-20-14-7-12(21(24)25)4-5-15(14)26-17(20)23/h2-7H,8-9H2,1H3,(H,19,22). The topological polar surface area (TPSA) is 107 Å². The summed E-state index contributed by atoms with van der Waals surface area (Å²) in [4.78, 5) is 34.3. The van der Waals surface area contributed by atoms with Crippen molar-refractivity contribution in [1.82, 2.24) is 9.88 Å². The summed E-state index contributed by atoms with van der Waals surface area (Å²) in [6.07, 6.45) is 0. The number of oxazole rings is 1. The third kappa shape index (κ3) is 3.46. The average Bonchev–Trinajstić information content (AvgIpc) is 2.91. The highest BCUT2D eigenvalue weighted by molar-refractivity contribution is 5.80. The summed E-state index contributed by atoms with van der Waals surface area (Å²) in [6, 6.07) is 8.28. The third-order valence-corrected chi connectivity index (χ3v) is 3.89. The molecule has 8 nitrogen and oxygen atoms in total. The van der Waals surface area contributed by atoms with Gasteiger partial charge < -0.3 is 9.73 Å². The highest BCUT2D eigenvalue weighted by atomic mass is 19.1. The lowest BCUT2D eigenvalue weighted by atomic mass is 10.1. The molecule has 0 saturated heterocycles. The van der Waals surface area contributed by atoms with E-state index < -0.39 is 16.6 Å². The Kier molecular flexibility index (Phi) is 4.53. The molecule has 0 bridgehead atoms. The van der Waals surface area contributed by atoms with E-state index in [-0.39, 0.29) is 35.7 Å². The molecule has 0 aliphatic heterocycles. The molecule has 0 fully saturated rings. The van der Waals surface area contributed by atoms with Gasteiger partial charge in [-0.1, -0.05) is 12.1 Å². The van der Waals surface area contributed by atoms with E-state index in [4.69, 9.17) is 4.42 Å². The molecule has 0 aliphatic carbocycles. The summed E-state index contributed by atoms with van der Waals surface area (Å²) < 4.78 is 19.5. The second-order valence-corrected chi connectivity index (χ2v) is 5.72. The maximum absolute atomic E-state index is 13.5. The number of carbonyl (C=O) groups excluding carboxylic acids is 1. The van der Waals surface area contributed by atoms with Gasteiger partial charge in [-0.15, -0.1) is 0 Å². The first-order valence-electron chi connectivity index (χ1n) is 7.64. The summed E-state index contributed by atoms with van der Waals surface area (Å²) in [6.45, 7) is 1.34. The van der Waals surface area contributed by atoms with Crippen molar-refractivity contribution in [1.29, 1.82) is 0 Å². The van der Waals surface area contributed by atoms with Crippen LogP contribution >= 0.6 is 0 Å². The molecule has 2 aromatic carbocycles. The van der Waals surface area contributed by atoms with E-state index in [0.717, 1.165) is 4.57 Å². The molecule has 0 aliphatic rings. The van der Waals surface area contributed by atoms with Crippen LogP contribution in [0.3, 0.4) is 0 Å². The van der Waals surface area contributed by atoms with Crippen molar-refractivity contribution in [3.8, 4) is 0 Å². The number of halogens is 1. The number of benzene rings is 2. The van der Waals surface area contributed by atoms with Crippen LogP contribution in [0.1, 0.15) is 11.1 Å². The van der Waals surface area contributed by atoms with E-state index in [2.05, 4.69) is 5.32 Å². The van der Waals surface area contributed by atoms with E-state index in [1.165, 1.54) is 24.3 Å². The van der Waals surface area contributed by atoms with Crippen molar-refractivity contribution in [3.63, 3.8) is 0 Å². The predicted octanol–water partition coefficient (Wildman–Crippen LogP) is 2.27. The van der Waals surface area contributed by atoms with Gasteiger partial charge in [0.05, 0.1) is 10.4 Å². The molecule has 0 saturated carbocycles. The Hall–Kier alpha value is -3.49. The minimum Gasteiger partial charge on any atom is -0.408 e. The maximum Gasteiger partial charge on any atom is 0.420 e. The molecule has 1 heterocycles. The highest BCUT2D eigenvalue weighted by Crippen LogP contribution is 2.20. The van der Waals surface area contributed by atoms with Crippen LogP contribution in [0.4, 0.5) is 10.1 Å². The molecule has 0 atom stereocenters. The Labute approximate surface area is 146 Å². The number of nitro benzene ring substituents is 1. The van der Waals surface area contributed by atoms with Gasteiger partial charge >= 0.3 is 5.76 Å². The van der Waals surface area contributed by atoms with E-state index in [9.17, 15) is 24.1 Å². The molecule has 0 spiro atoms. The summed E-state index contributed by atoms with van der Waals surface area (Å²) in [5.41, 5.74) is 1.15. The van der Waals surface area contributed by atoms with Crippen LogP contribution in [0.5, 0.6) is 0 Å². The minimum absolute atomic E-state index is 0.0840. The smallest absolute Gasteiger partial charge is 0.408 e. The molecule has 1 aromatic heterocycles. The number of aryl methyl sites for hydroxylation is 1. The van der Waals surface area contributed by atoms with Crippen LogP contribution in [0.15, 0.2) is 45.6 Å². The van der Waals surface area contributed by atoms with Gasteiger partial charge in [-0.3, -0.25) is 19.5 Å². The number of non-ortho nitro benzene ring substituents is 1. The van der Waals surface area contributed by atoms with Gasteiger partial charge in [-0.25, -0.2) is 9.18 Å². The van der Waals surface area contributed by atoms with Crippen LogP contribution in [0.2, 0.25) is 0 Å². The summed E-state index contributed by atoms with van der Waals surface area (Å²) in [5, 5.41) is 13.4. The SMILES string of the molecule is Cc1ccc(CNC(=O)Cn2c(=O)oc3ccc([N+](=O)[O-])cc32)cc1F. The van der Waals surface area contributed by atoms with Crippen molar-refractivity contribution < 1.29 is 18.5 Å². The van der Waals surface area contributed by atoms with E-state index in [1.807, 2.05) is 0 Å². The normalized spacial score (nSPS) is 10.8. The first-order valence-corrected chi connectivity index (χ1v) is 7.64. The second kappa shape index (κ2) is 6.79. The fourth-order valence-corrected chi connectivity index (χ4v) is 2.46. The molecule has 1 N–H and O–H groups in total. The molecule has 0 radical (unpaired) electrons. The van der Waals surface area contributed by atoms with Crippen LogP contribution in [0.25, 0.3) is 11.1 Å². The summed E-state index contributed by atoms with van der Waals surface area (Å²) in [7, 11) is 0. The van der Waals surface area contributed by atoms with Crippen molar-refractivity contribution in [2.45, 2.75) is 20.0 Å². The molecule has 3 aromatic rings. The molecular weight excluding hydrogens is 345 g/mol. The van der Waals surface area contributed by atoms with Crippen molar-refractivity contribution in [3.05, 3.63) is 74.0 Å². The average molecular weight is 359 g/mol. The first-order chi connectivity index (χ1) is 12.3. The maximum atomic E-state index is 13.5. The van der Waals surface area contributed by atoms with Crippen LogP contribution in [-0.2, 0) is 17.9 Å². The van der Waals surface area contributed by atoms with Gasteiger partial charge in [0.25, 0.3) is 5.69 Å². The van der Waals surface area contributed by atoms with Crippen LogP contribution in [0, 0.1) is 22.9 Å². The Balaban J connectivity index is 1.77. The molecule has 134 valence electrons. The van der Waals surface area contributed by atoms with Gasteiger partial charge in [0.1, 0.15) is 12.4 Å². The number of nitro groups is 1. The fraction of sp³-hybridized carbons (Fsp3) is 0.176. The molecule has 0 unspecified atom stereocenters. The first kappa shape index (κ1) is 17.3. The number of nitrogens with one attached hydrogen (secondary N) is 1. The van der Waals surface area contributed by atoms with Gasteiger partial charge in [-0.2, -0.15) is 0 Å². The monoisotopic (exact) mass is 359 g/mol. The van der Waals surface area contributed by atoms with E-state index >= 15 is 0 Å². The van der Waals surface area contributed by atoms with Gasteiger partial charge in [-0.05, 0) is 30.2 Å². The Morgan fingerprint density at radius 3 is 2.77 bits per heavy atom. The van der Waals surface area contributed by atoms with Crippen LogP contribution < -0.4 is 11.1 Å². The zero-order valence-corrected chi connectivity index (χ0v) is 13.7. The highest BCUT2D eigenvalue weighted by Gasteiger charge is 2.16. The Morgan fingerprint density at radius 2 is 2.08 bits per heavy atom. The number of hydrogen-bond acceptors (Lipinski definition) is 5. The number of carbonyl (C=O) groups is 1. The lowest BCUT2D eigenvalue weighted by molar-refractivity contribution is -0.384. The van der Waals surface area contributed by atoms with E-state index in [1.54, 1.807) is 19.1 Å². The molecule has 9 heteroatoms. The molecule has 3 rings (SSSR count). The fourth-order valence-electron chi connectivity index (χ4n) is 2.46. The lowest BCUT2D eigenvalue weighted by Crippen LogP contribution is -2.30. The quantitative estimate of drug-likeness (QED) is 0.555. The minimum atomic E-state index is -0.794. The van der Waals surface area contributed by atoms with Gasteiger partial charge in [0, 0.05) is 18.7 Å². The number of nitrogens with zero attached hydrogens (tertiary/aromatic N) is 2.